The number of halogens is 2. The van der Waals surface area contributed by atoms with E-state index in [4.69, 9.17) is 28.3 Å². The van der Waals surface area contributed by atoms with Crippen LogP contribution in [-0.2, 0) is 0 Å². The van der Waals surface area contributed by atoms with Gasteiger partial charge in [-0.2, -0.15) is 0 Å². The second-order valence-corrected chi connectivity index (χ2v) is 8.35. The van der Waals surface area contributed by atoms with E-state index in [2.05, 4.69) is 20.2 Å². The van der Waals surface area contributed by atoms with E-state index < -0.39 is 6.09 Å². The number of hydrogen-bond acceptors (Lipinski definition) is 5. The highest BCUT2D eigenvalue weighted by Crippen LogP contribution is 2.38. The first-order chi connectivity index (χ1) is 13.5. The van der Waals surface area contributed by atoms with Crippen LogP contribution in [0.5, 0.6) is 0 Å². The molecule has 1 aliphatic heterocycles. The number of nitrogens with zero attached hydrogens (tertiary/aromatic N) is 4. The van der Waals surface area contributed by atoms with E-state index in [0.717, 1.165) is 40.9 Å². The Morgan fingerprint density at radius 3 is 3.00 bits per heavy atom. The predicted octanol–water partition coefficient (Wildman–Crippen LogP) is 4.28. The van der Waals surface area contributed by atoms with Crippen LogP contribution in [0, 0.1) is 5.92 Å². The number of carbonyl (C=O) groups is 1. The molecular formula is C18H17Cl2N5O2S. The molecule has 1 saturated heterocycles. The number of carboxylic acid groups (broad SMARTS) is 1. The molecule has 2 aromatic heterocycles. The van der Waals surface area contributed by atoms with Crippen LogP contribution in [0.1, 0.15) is 6.42 Å². The smallest absolute Gasteiger partial charge is 0.404 e. The van der Waals surface area contributed by atoms with Crippen molar-refractivity contribution in [2.45, 2.75) is 16.2 Å². The lowest BCUT2D eigenvalue weighted by Crippen LogP contribution is -2.30. The third-order valence-electron chi connectivity index (χ3n) is 4.62. The molecule has 1 atom stereocenters. The Morgan fingerprint density at radius 1 is 1.32 bits per heavy atom. The molecule has 1 fully saturated rings. The zero-order valence-electron chi connectivity index (χ0n) is 14.7. The highest BCUT2D eigenvalue weighted by molar-refractivity contribution is 7.99. The number of benzene rings is 1. The largest absolute Gasteiger partial charge is 0.465 e. The van der Waals surface area contributed by atoms with Crippen molar-refractivity contribution in [1.29, 1.82) is 0 Å². The number of amides is 1. The topological polar surface area (TPSA) is 82.8 Å². The Hall–Kier alpha value is -2.16. The number of nitrogens with one attached hydrogen (secondary N) is 1. The van der Waals surface area contributed by atoms with Gasteiger partial charge in [-0.15, -0.1) is 0 Å². The minimum absolute atomic E-state index is 0.260. The lowest BCUT2D eigenvalue weighted by Gasteiger charge is -2.19. The van der Waals surface area contributed by atoms with Crippen molar-refractivity contribution in [3.63, 3.8) is 0 Å². The van der Waals surface area contributed by atoms with Crippen LogP contribution in [-0.4, -0.2) is 45.2 Å². The van der Waals surface area contributed by atoms with Gasteiger partial charge in [-0.25, -0.2) is 14.8 Å². The normalized spacial score (nSPS) is 16.6. The van der Waals surface area contributed by atoms with Gasteiger partial charge in [0.2, 0.25) is 5.95 Å². The summed E-state index contributed by atoms with van der Waals surface area (Å²) in [6, 6.07) is 5.52. The number of imidazole rings is 1. The molecule has 10 heteroatoms. The van der Waals surface area contributed by atoms with Gasteiger partial charge in [-0.05, 0) is 24.5 Å². The van der Waals surface area contributed by atoms with Crippen LogP contribution < -0.4 is 10.2 Å². The minimum atomic E-state index is -0.991. The number of fused-ring (bicyclic) bond motifs is 1. The average molecular weight is 438 g/mol. The predicted molar refractivity (Wildman–Crippen MR) is 110 cm³/mol. The van der Waals surface area contributed by atoms with E-state index in [9.17, 15) is 4.79 Å². The van der Waals surface area contributed by atoms with E-state index in [1.54, 1.807) is 18.5 Å². The molecule has 2 N–H and O–H groups in total. The van der Waals surface area contributed by atoms with Crippen LogP contribution in [0.2, 0.25) is 10.0 Å². The lowest BCUT2D eigenvalue weighted by atomic mass is 10.1. The molecule has 1 unspecified atom stereocenters. The summed E-state index contributed by atoms with van der Waals surface area (Å²) in [6.07, 6.45) is 5.33. The van der Waals surface area contributed by atoms with E-state index in [0.29, 0.717) is 16.6 Å². The molecule has 146 valence electrons. The van der Waals surface area contributed by atoms with Crippen LogP contribution in [0.25, 0.3) is 5.65 Å². The highest BCUT2D eigenvalue weighted by Gasteiger charge is 2.26. The molecule has 0 bridgehead atoms. The van der Waals surface area contributed by atoms with E-state index in [-0.39, 0.29) is 5.92 Å². The molecule has 0 aliphatic carbocycles. The summed E-state index contributed by atoms with van der Waals surface area (Å²) in [5.41, 5.74) is 0.790. The molecule has 0 radical (unpaired) electrons. The molecule has 4 rings (SSSR count). The molecular weight excluding hydrogens is 421 g/mol. The van der Waals surface area contributed by atoms with Crippen molar-refractivity contribution < 1.29 is 9.90 Å². The molecule has 1 amide bonds. The third kappa shape index (κ3) is 3.85. The van der Waals surface area contributed by atoms with Crippen LogP contribution >= 0.6 is 35.0 Å². The number of rotatable bonds is 5. The van der Waals surface area contributed by atoms with Crippen molar-refractivity contribution in [3.8, 4) is 0 Å². The van der Waals surface area contributed by atoms with E-state index >= 15 is 0 Å². The average Bonchev–Trinajstić information content (AvgIpc) is 3.34. The fourth-order valence-corrected chi connectivity index (χ4v) is 4.69. The maximum Gasteiger partial charge on any atom is 0.404 e. The number of aromatic nitrogens is 3. The van der Waals surface area contributed by atoms with Crippen molar-refractivity contribution in [1.82, 2.24) is 19.7 Å². The highest BCUT2D eigenvalue weighted by atomic mass is 35.5. The van der Waals surface area contributed by atoms with Gasteiger partial charge in [0.15, 0.2) is 5.65 Å². The second-order valence-electron chi connectivity index (χ2n) is 6.48. The molecule has 0 spiro atoms. The van der Waals surface area contributed by atoms with Crippen molar-refractivity contribution >= 4 is 52.7 Å². The second kappa shape index (κ2) is 8.06. The molecule has 1 aliphatic rings. The maximum atomic E-state index is 10.7. The molecule has 3 heterocycles. The SMILES string of the molecule is O=C(O)NCC1CCN(c2ncc(Sc3cccc(Cl)c3Cl)c3nccn23)C1. The number of anilines is 1. The standard InChI is InChI=1S/C18H17Cl2N5O2S/c19-12-2-1-3-13(15(12)20)28-14-9-22-17(25-7-5-21-16(14)25)24-6-4-11(10-24)8-23-18(26)27/h1-3,5,7,9,11,23H,4,6,8,10H2,(H,26,27). The Labute approximate surface area is 175 Å². The Kier molecular flexibility index (Phi) is 5.52. The fraction of sp³-hybridized carbons (Fsp3) is 0.278. The van der Waals surface area contributed by atoms with Gasteiger partial charge in [0.25, 0.3) is 0 Å². The summed E-state index contributed by atoms with van der Waals surface area (Å²) in [5.74, 6) is 1.06. The molecule has 0 saturated carbocycles. The summed E-state index contributed by atoms with van der Waals surface area (Å²) < 4.78 is 1.95. The first-order valence-corrected chi connectivity index (χ1v) is 10.3. The first-order valence-electron chi connectivity index (χ1n) is 8.68. The van der Waals surface area contributed by atoms with Crippen molar-refractivity contribution in [2.24, 2.45) is 5.92 Å². The Morgan fingerprint density at radius 2 is 2.18 bits per heavy atom. The lowest BCUT2D eigenvalue weighted by molar-refractivity contribution is 0.192. The maximum absolute atomic E-state index is 10.7. The Bertz CT molecular complexity index is 1030. The zero-order chi connectivity index (χ0) is 19.7. The summed E-state index contributed by atoms with van der Waals surface area (Å²) in [7, 11) is 0. The van der Waals surface area contributed by atoms with Gasteiger partial charge in [-0.3, -0.25) is 4.40 Å². The van der Waals surface area contributed by atoms with E-state index in [1.165, 1.54) is 11.8 Å². The van der Waals surface area contributed by atoms with Crippen LogP contribution in [0.15, 0.2) is 46.6 Å². The first kappa shape index (κ1) is 19.2. The summed E-state index contributed by atoms with van der Waals surface area (Å²) >= 11 is 13.9. The summed E-state index contributed by atoms with van der Waals surface area (Å²) in [5, 5.41) is 12.3. The number of hydrogen-bond donors (Lipinski definition) is 2. The zero-order valence-corrected chi connectivity index (χ0v) is 17.0. The van der Waals surface area contributed by atoms with Gasteiger partial charge >= 0.3 is 6.09 Å². The minimum Gasteiger partial charge on any atom is -0.465 e. The molecule has 1 aromatic carbocycles. The van der Waals surface area contributed by atoms with Crippen LogP contribution in [0.4, 0.5) is 10.7 Å². The quantitative estimate of drug-likeness (QED) is 0.619. The Balaban J connectivity index is 1.58. The van der Waals surface area contributed by atoms with Crippen molar-refractivity contribution in [3.05, 3.63) is 46.8 Å². The monoisotopic (exact) mass is 437 g/mol. The van der Waals surface area contributed by atoms with Gasteiger partial charge in [0.1, 0.15) is 0 Å². The fourth-order valence-electron chi connectivity index (χ4n) is 3.28. The van der Waals surface area contributed by atoms with Gasteiger partial charge < -0.3 is 15.3 Å². The van der Waals surface area contributed by atoms with Gasteiger partial charge in [-0.1, -0.05) is 41.0 Å². The van der Waals surface area contributed by atoms with Gasteiger partial charge in [0, 0.05) is 43.1 Å². The molecule has 28 heavy (non-hydrogen) atoms. The summed E-state index contributed by atoms with van der Waals surface area (Å²) in [6.45, 7) is 2.01. The summed E-state index contributed by atoms with van der Waals surface area (Å²) in [4.78, 5) is 23.7. The van der Waals surface area contributed by atoms with E-state index in [1.807, 2.05) is 22.7 Å². The van der Waals surface area contributed by atoms with Gasteiger partial charge in [0.05, 0.1) is 14.9 Å². The van der Waals surface area contributed by atoms with Crippen LogP contribution in [0.3, 0.4) is 0 Å². The van der Waals surface area contributed by atoms with Crippen molar-refractivity contribution in [2.75, 3.05) is 24.5 Å². The third-order valence-corrected chi connectivity index (χ3v) is 6.62. The molecule has 7 nitrogen and oxygen atoms in total. The molecule has 3 aromatic rings.